The molecule has 0 aromatic rings. The van der Waals surface area contributed by atoms with Crippen LogP contribution in [0.15, 0.2) is 11.0 Å². The summed E-state index contributed by atoms with van der Waals surface area (Å²) in [5.41, 5.74) is 0. The summed E-state index contributed by atoms with van der Waals surface area (Å²) in [6.45, 7) is 6.34. The average Bonchev–Trinajstić information content (AvgIpc) is 1.83. The number of thioether (sulfide) groups is 1. The van der Waals surface area contributed by atoms with Gasteiger partial charge in [0.15, 0.2) is 5.78 Å². The topological polar surface area (TPSA) is 17.1 Å². The maximum atomic E-state index is 11.2. The Kier molecular flexibility index (Phi) is 2.43. The summed E-state index contributed by atoms with van der Waals surface area (Å²) in [6.07, 6.45) is 3.46. The fourth-order valence-corrected chi connectivity index (χ4v) is 2.50. The Morgan fingerprint density at radius 3 is 2.73 bits per heavy atom. The molecule has 0 aromatic carbocycles. The van der Waals surface area contributed by atoms with Crippen LogP contribution in [0.25, 0.3) is 0 Å². The van der Waals surface area contributed by atoms with Crippen molar-refractivity contribution in [2.24, 2.45) is 0 Å². The van der Waals surface area contributed by atoms with Crippen LogP contribution in [-0.2, 0) is 4.79 Å². The SMILES string of the molecule is CCC1=CC(=O)CC(C)(C)S1. The largest absolute Gasteiger partial charge is 0.295 e. The summed E-state index contributed by atoms with van der Waals surface area (Å²) in [5.74, 6) is 0.283. The van der Waals surface area contributed by atoms with E-state index in [1.54, 1.807) is 6.08 Å². The van der Waals surface area contributed by atoms with Crippen molar-refractivity contribution in [1.29, 1.82) is 0 Å². The minimum absolute atomic E-state index is 0.122. The molecule has 0 unspecified atom stereocenters. The second-order valence-electron chi connectivity index (χ2n) is 3.47. The fourth-order valence-electron chi connectivity index (χ4n) is 1.24. The van der Waals surface area contributed by atoms with Crippen LogP contribution in [0.3, 0.4) is 0 Å². The molecule has 1 aliphatic rings. The first-order chi connectivity index (χ1) is 5.03. The Bertz CT molecular complexity index is 204. The highest BCUT2D eigenvalue weighted by molar-refractivity contribution is 8.04. The molecular formula is C9H14OS. The monoisotopic (exact) mass is 170 g/mol. The van der Waals surface area contributed by atoms with E-state index in [9.17, 15) is 4.79 Å². The number of ketones is 1. The molecule has 62 valence electrons. The molecule has 1 aliphatic heterocycles. The zero-order chi connectivity index (χ0) is 8.48. The van der Waals surface area contributed by atoms with Gasteiger partial charge >= 0.3 is 0 Å². The molecule has 0 saturated carbocycles. The predicted molar refractivity (Wildman–Crippen MR) is 49.7 cm³/mol. The lowest BCUT2D eigenvalue weighted by molar-refractivity contribution is -0.115. The molecule has 1 nitrogen and oxygen atoms in total. The first kappa shape index (κ1) is 8.85. The highest BCUT2D eigenvalue weighted by Crippen LogP contribution is 2.39. The van der Waals surface area contributed by atoms with Gasteiger partial charge in [0, 0.05) is 11.2 Å². The van der Waals surface area contributed by atoms with Crippen molar-refractivity contribution in [3.05, 3.63) is 11.0 Å². The first-order valence-electron chi connectivity index (χ1n) is 3.96. The van der Waals surface area contributed by atoms with E-state index in [4.69, 9.17) is 0 Å². The minimum atomic E-state index is 0.122. The van der Waals surface area contributed by atoms with Gasteiger partial charge in [-0.25, -0.2) is 0 Å². The van der Waals surface area contributed by atoms with Gasteiger partial charge in [-0.2, -0.15) is 0 Å². The normalized spacial score (nSPS) is 23.2. The summed E-state index contributed by atoms with van der Waals surface area (Å²) >= 11 is 1.83. The third kappa shape index (κ3) is 2.37. The number of hydrogen-bond acceptors (Lipinski definition) is 2. The van der Waals surface area contributed by atoms with E-state index in [-0.39, 0.29) is 10.5 Å². The smallest absolute Gasteiger partial charge is 0.157 e. The van der Waals surface area contributed by atoms with E-state index in [0.717, 1.165) is 6.42 Å². The molecule has 0 N–H and O–H groups in total. The molecule has 1 heterocycles. The fraction of sp³-hybridized carbons (Fsp3) is 0.667. The van der Waals surface area contributed by atoms with Gasteiger partial charge in [0.1, 0.15) is 0 Å². The predicted octanol–water partition coefficient (Wildman–Crippen LogP) is 2.76. The average molecular weight is 170 g/mol. The van der Waals surface area contributed by atoms with Crippen molar-refractivity contribution in [3.63, 3.8) is 0 Å². The molecule has 0 bridgehead atoms. The highest BCUT2D eigenvalue weighted by Gasteiger charge is 2.27. The Morgan fingerprint density at radius 2 is 2.27 bits per heavy atom. The zero-order valence-electron chi connectivity index (χ0n) is 7.31. The quantitative estimate of drug-likeness (QED) is 0.602. The number of rotatable bonds is 1. The lowest BCUT2D eigenvalue weighted by atomic mass is 10.1. The summed E-state index contributed by atoms with van der Waals surface area (Å²) in [5, 5.41) is 0. The van der Waals surface area contributed by atoms with Gasteiger partial charge in [-0.15, -0.1) is 11.8 Å². The minimum Gasteiger partial charge on any atom is -0.295 e. The zero-order valence-corrected chi connectivity index (χ0v) is 8.12. The van der Waals surface area contributed by atoms with Gasteiger partial charge < -0.3 is 0 Å². The standard InChI is InChI=1S/C9H14OS/c1-4-8-5-7(10)6-9(2,3)11-8/h5H,4,6H2,1-3H3. The van der Waals surface area contributed by atoms with Gasteiger partial charge in [0.25, 0.3) is 0 Å². The molecule has 1 rings (SSSR count). The van der Waals surface area contributed by atoms with Crippen molar-refractivity contribution >= 4 is 17.5 Å². The van der Waals surface area contributed by atoms with E-state index < -0.39 is 0 Å². The van der Waals surface area contributed by atoms with Crippen LogP contribution in [0.4, 0.5) is 0 Å². The number of carbonyl (C=O) groups is 1. The highest BCUT2D eigenvalue weighted by atomic mass is 32.2. The second kappa shape index (κ2) is 3.02. The number of allylic oxidation sites excluding steroid dienone is 2. The maximum Gasteiger partial charge on any atom is 0.157 e. The van der Waals surface area contributed by atoms with Crippen molar-refractivity contribution in [2.75, 3.05) is 0 Å². The van der Waals surface area contributed by atoms with E-state index in [1.807, 2.05) is 11.8 Å². The van der Waals surface area contributed by atoms with E-state index in [0.29, 0.717) is 6.42 Å². The van der Waals surface area contributed by atoms with Crippen LogP contribution in [0.2, 0.25) is 0 Å². The molecule has 0 radical (unpaired) electrons. The summed E-state index contributed by atoms with van der Waals surface area (Å²) in [6, 6.07) is 0. The number of hydrogen-bond donors (Lipinski definition) is 0. The maximum absolute atomic E-state index is 11.2. The Hall–Kier alpha value is -0.240. The van der Waals surface area contributed by atoms with Gasteiger partial charge in [-0.1, -0.05) is 6.92 Å². The van der Waals surface area contributed by atoms with Crippen molar-refractivity contribution < 1.29 is 4.79 Å². The molecule has 0 saturated heterocycles. The van der Waals surface area contributed by atoms with Crippen LogP contribution >= 0.6 is 11.8 Å². The third-order valence-corrected chi connectivity index (χ3v) is 3.04. The molecule has 2 heteroatoms. The number of carbonyl (C=O) groups excluding carboxylic acids is 1. The van der Waals surface area contributed by atoms with E-state index >= 15 is 0 Å². The van der Waals surface area contributed by atoms with Crippen LogP contribution in [0, 0.1) is 0 Å². The molecule has 0 spiro atoms. The third-order valence-electron chi connectivity index (χ3n) is 1.68. The second-order valence-corrected chi connectivity index (χ2v) is 5.30. The molecule has 0 fully saturated rings. The van der Waals surface area contributed by atoms with E-state index in [2.05, 4.69) is 20.8 Å². The van der Waals surface area contributed by atoms with Crippen LogP contribution in [0.1, 0.15) is 33.6 Å². The van der Waals surface area contributed by atoms with Gasteiger partial charge in [-0.3, -0.25) is 4.79 Å². The first-order valence-corrected chi connectivity index (χ1v) is 4.77. The molecular weight excluding hydrogens is 156 g/mol. The lowest BCUT2D eigenvalue weighted by Gasteiger charge is -2.27. The van der Waals surface area contributed by atoms with Gasteiger partial charge in [0.05, 0.1) is 0 Å². The summed E-state index contributed by atoms with van der Waals surface area (Å²) in [4.78, 5) is 12.4. The van der Waals surface area contributed by atoms with Crippen LogP contribution in [-0.4, -0.2) is 10.5 Å². The van der Waals surface area contributed by atoms with Crippen molar-refractivity contribution in [1.82, 2.24) is 0 Å². The van der Waals surface area contributed by atoms with Crippen LogP contribution in [0.5, 0.6) is 0 Å². The van der Waals surface area contributed by atoms with Crippen molar-refractivity contribution in [3.8, 4) is 0 Å². The van der Waals surface area contributed by atoms with Gasteiger partial charge in [-0.05, 0) is 31.2 Å². The summed E-state index contributed by atoms with van der Waals surface area (Å²) < 4.78 is 0.122. The molecule has 11 heavy (non-hydrogen) atoms. The Morgan fingerprint density at radius 1 is 1.64 bits per heavy atom. The van der Waals surface area contributed by atoms with Gasteiger partial charge in [0.2, 0.25) is 0 Å². The molecule has 0 aromatic heterocycles. The Labute approximate surface area is 72.2 Å². The molecule has 0 amide bonds. The summed E-state index contributed by atoms with van der Waals surface area (Å²) in [7, 11) is 0. The Balaban J connectivity index is 2.78. The lowest BCUT2D eigenvalue weighted by Crippen LogP contribution is -2.22. The van der Waals surface area contributed by atoms with E-state index in [1.165, 1.54) is 4.91 Å². The van der Waals surface area contributed by atoms with Crippen LogP contribution < -0.4 is 0 Å². The van der Waals surface area contributed by atoms with Crippen molar-refractivity contribution in [2.45, 2.75) is 38.4 Å². The molecule has 0 aliphatic carbocycles. The molecule has 0 atom stereocenters.